The highest BCUT2D eigenvalue weighted by atomic mass is 31.2. The summed E-state index contributed by atoms with van der Waals surface area (Å²) in [5, 5.41) is 9.80. The number of aliphatic hydroxyl groups is 1. The molecular weight excluding hydrogens is 952 g/mol. The summed E-state index contributed by atoms with van der Waals surface area (Å²) in [6.45, 7) is 4.32. The summed E-state index contributed by atoms with van der Waals surface area (Å²) in [5.41, 5.74) is 0. The number of phosphoric ester groups is 1. The molecule has 0 saturated heterocycles. The lowest BCUT2D eigenvalue weighted by Gasteiger charge is -2.21. The molecule has 0 aromatic carbocycles. The Balaban J connectivity index is 4.84. The van der Waals surface area contributed by atoms with Gasteiger partial charge in [-0.05, 0) is 122 Å². The first kappa shape index (κ1) is 70.1. The van der Waals surface area contributed by atoms with Gasteiger partial charge in [-0.25, -0.2) is 4.57 Å². The van der Waals surface area contributed by atoms with E-state index in [1.54, 1.807) is 0 Å². The van der Waals surface area contributed by atoms with Gasteiger partial charge in [-0.2, -0.15) is 0 Å². The average Bonchev–Trinajstić information content (AvgIpc) is 3.39. The summed E-state index contributed by atoms with van der Waals surface area (Å²) >= 11 is 0. The molecule has 0 heterocycles. The van der Waals surface area contributed by atoms with Gasteiger partial charge in [0, 0.05) is 19.3 Å². The van der Waals surface area contributed by atoms with E-state index < -0.39 is 57.8 Å². The van der Waals surface area contributed by atoms with Crippen LogP contribution in [-0.2, 0) is 42.2 Å². The number of carbonyl (C=O) groups excluding carboxylic acids is 3. The number of allylic oxidation sites excluding steroid dienone is 18. The van der Waals surface area contributed by atoms with Gasteiger partial charge < -0.3 is 24.2 Å². The van der Waals surface area contributed by atoms with Crippen LogP contribution in [0.15, 0.2) is 109 Å². The van der Waals surface area contributed by atoms with Crippen LogP contribution in [0, 0.1) is 0 Å². The average molecular weight is 1060 g/mol. The number of aliphatic hydroxyl groups excluding tert-OH is 1. The first-order valence-electron chi connectivity index (χ1n) is 28.8. The Kier molecular flexibility index (Phi) is 52.5. The number of esters is 3. The molecule has 0 rings (SSSR count). The van der Waals surface area contributed by atoms with E-state index in [-0.39, 0.29) is 25.9 Å². The third kappa shape index (κ3) is 53.0. The van der Waals surface area contributed by atoms with Gasteiger partial charge in [0.05, 0.1) is 19.8 Å². The van der Waals surface area contributed by atoms with Crippen LogP contribution in [0.2, 0.25) is 0 Å². The summed E-state index contributed by atoms with van der Waals surface area (Å²) in [6, 6.07) is 0. The number of rotatable bonds is 52. The van der Waals surface area contributed by atoms with Crippen LogP contribution >= 0.6 is 7.82 Å². The van der Waals surface area contributed by atoms with E-state index in [1.165, 1.54) is 38.5 Å². The van der Waals surface area contributed by atoms with Crippen molar-refractivity contribution >= 4 is 25.7 Å². The molecular formula is C62H103O11P. The van der Waals surface area contributed by atoms with Gasteiger partial charge in [-0.15, -0.1) is 0 Å². The van der Waals surface area contributed by atoms with Gasteiger partial charge in [0.15, 0.2) is 6.10 Å². The molecule has 422 valence electrons. The Hall–Kier alpha value is -3.86. The Morgan fingerprint density at radius 1 is 0.392 bits per heavy atom. The largest absolute Gasteiger partial charge is 0.472 e. The van der Waals surface area contributed by atoms with Crippen molar-refractivity contribution in [2.45, 2.75) is 238 Å². The molecule has 74 heavy (non-hydrogen) atoms. The number of carbonyl (C=O) groups is 3. The number of phosphoric acid groups is 1. The van der Waals surface area contributed by atoms with Gasteiger partial charge in [0.25, 0.3) is 0 Å². The van der Waals surface area contributed by atoms with Crippen molar-refractivity contribution in [3.05, 3.63) is 109 Å². The Morgan fingerprint density at radius 2 is 0.703 bits per heavy atom. The van der Waals surface area contributed by atoms with Crippen LogP contribution in [0.4, 0.5) is 0 Å². The SMILES string of the molecule is CC/C=C\C/C=C\C/C=C\C/C=C\C/C=C\CCCCCC(=O)OC(COC(=O)CCCCCCC/C=C\CCCCCCCC)COP(=O)(O)OCC(CO)OC(=O)CCCCC/C=C\C/C=C\C/C=C\CC. The highest BCUT2D eigenvalue weighted by Crippen LogP contribution is 2.43. The van der Waals surface area contributed by atoms with Crippen LogP contribution in [-0.4, -0.2) is 66.5 Å². The van der Waals surface area contributed by atoms with E-state index in [0.717, 1.165) is 128 Å². The van der Waals surface area contributed by atoms with Crippen LogP contribution in [0.1, 0.15) is 226 Å². The number of unbranched alkanes of at least 4 members (excludes halogenated alkanes) is 17. The fourth-order valence-electron chi connectivity index (χ4n) is 7.33. The highest BCUT2D eigenvalue weighted by Gasteiger charge is 2.28. The van der Waals surface area contributed by atoms with Gasteiger partial charge in [0.2, 0.25) is 0 Å². The molecule has 2 N–H and O–H groups in total. The van der Waals surface area contributed by atoms with Gasteiger partial charge >= 0.3 is 25.7 Å². The van der Waals surface area contributed by atoms with Crippen LogP contribution in [0.3, 0.4) is 0 Å². The summed E-state index contributed by atoms with van der Waals surface area (Å²) in [5.74, 6) is -1.55. The molecule has 0 aromatic rings. The number of ether oxygens (including phenoxy) is 3. The minimum Gasteiger partial charge on any atom is -0.462 e. The third-order valence-corrected chi connectivity index (χ3v) is 12.6. The number of hydrogen-bond donors (Lipinski definition) is 2. The maximum atomic E-state index is 12.9. The van der Waals surface area contributed by atoms with Crippen molar-refractivity contribution in [1.82, 2.24) is 0 Å². The van der Waals surface area contributed by atoms with Gasteiger partial charge in [-0.1, -0.05) is 194 Å². The molecule has 0 spiro atoms. The van der Waals surface area contributed by atoms with Crippen LogP contribution in [0.5, 0.6) is 0 Å². The second kappa shape index (κ2) is 55.4. The van der Waals surface area contributed by atoms with Crippen molar-refractivity contribution in [2.75, 3.05) is 26.4 Å². The summed E-state index contributed by atoms with van der Waals surface area (Å²) < 4.78 is 39.4. The van der Waals surface area contributed by atoms with Crippen LogP contribution in [0.25, 0.3) is 0 Å². The Bertz CT molecular complexity index is 1660. The van der Waals surface area contributed by atoms with E-state index >= 15 is 0 Å². The third-order valence-electron chi connectivity index (χ3n) is 11.7. The van der Waals surface area contributed by atoms with Crippen molar-refractivity contribution in [2.24, 2.45) is 0 Å². The monoisotopic (exact) mass is 1050 g/mol. The van der Waals surface area contributed by atoms with E-state index in [4.69, 9.17) is 23.3 Å². The topological polar surface area (TPSA) is 155 Å². The fraction of sp³-hybridized carbons (Fsp3) is 0.661. The molecule has 0 bridgehead atoms. The minimum atomic E-state index is -4.77. The summed E-state index contributed by atoms with van der Waals surface area (Å²) in [4.78, 5) is 48.5. The summed E-state index contributed by atoms with van der Waals surface area (Å²) in [6.07, 6.45) is 66.2. The lowest BCUT2D eigenvalue weighted by Crippen LogP contribution is -2.30. The molecule has 0 aliphatic heterocycles. The molecule has 0 aromatic heterocycles. The quantitative estimate of drug-likeness (QED) is 0.0197. The summed E-state index contributed by atoms with van der Waals surface area (Å²) in [7, 11) is -4.77. The first-order valence-corrected chi connectivity index (χ1v) is 30.3. The Morgan fingerprint density at radius 3 is 1.11 bits per heavy atom. The molecule has 3 unspecified atom stereocenters. The lowest BCUT2D eigenvalue weighted by molar-refractivity contribution is -0.161. The molecule has 0 fully saturated rings. The predicted molar refractivity (Wildman–Crippen MR) is 307 cm³/mol. The number of hydrogen-bond acceptors (Lipinski definition) is 10. The zero-order chi connectivity index (χ0) is 54.1. The maximum Gasteiger partial charge on any atom is 0.472 e. The normalized spacial score (nSPS) is 14.2. The van der Waals surface area contributed by atoms with Crippen molar-refractivity contribution < 1.29 is 52.2 Å². The standard InChI is InChI=1S/C62H103O11P/c1-4-7-10-13-16-19-22-25-27-28-29-30-32-35-38-41-44-47-50-53-62(66)73-59(55-69-60(64)51-48-45-42-39-36-34-31-26-23-20-17-14-11-8-5-2)57-71-74(67,68)70-56-58(54-63)72-61(65)52-49-46-43-40-37-33-24-21-18-15-12-9-6-3/h7,9-10,12,16,18-19,21,25-27,29-31,33,35,37-38,58-59,63H,4-6,8,11,13-15,17,20,22-24,28,32,34,36,39-57H2,1-3H3,(H,67,68)/b10-7-,12-9-,19-16-,21-18-,27-25-,30-29-,31-26-,37-33-,38-35-. The molecule has 12 heteroatoms. The van der Waals surface area contributed by atoms with E-state index in [0.29, 0.717) is 19.3 Å². The fourth-order valence-corrected chi connectivity index (χ4v) is 8.12. The maximum absolute atomic E-state index is 12.9. The van der Waals surface area contributed by atoms with Gasteiger partial charge in [0.1, 0.15) is 12.7 Å². The molecule has 0 saturated carbocycles. The van der Waals surface area contributed by atoms with Crippen molar-refractivity contribution in [3.8, 4) is 0 Å². The molecule has 0 aliphatic rings. The second-order valence-corrected chi connectivity index (χ2v) is 20.1. The minimum absolute atomic E-state index is 0.119. The lowest BCUT2D eigenvalue weighted by atomic mass is 10.1. The van der Waals surface area contributed by atoms with E-state index in [2.05, 4.69) is 130 Å². The zero-order valence-corrected chi connectivity index (χ0v) is 47.4. The predicted octanol–water partition coefficient (Wildman–Crippen LogP) is 17.0. The molecule has 3 atom stereocenters. The smallest absolute Gasteiger partial charge is 0.462 e. The molecule has 0 radical (unpaired) electrons. The second-order valence-electron chi connectivity index (χ2n) is 18.7. The van der Waals surface area contributed by atoms with Crippen LogP contribution < -0.4 is 0 Å². The van der Waals surface area contributed by atoms with E-state index in [9.17, 15) is 28.9 Å². The van der Waals surface area contributed by atoms with Crippen molar-refractivity contribution in [3.63, 3.8) is 0 Å². The molecule has 11 nitrogen and oxygen atoms in total. The van der Waals surface area contributed by atoms with E-state index in [1.807, 2.05) is 0 Å². The first-order chi connectivity index (χ1) is 36.2. The van der Waals surface area contributed by atoms with Gasteiger partial charge in [-0.3, -0.25) is 23.4 Å². The molecule has 0 amide bonds. The zero-order valence-electron chi connectivity index (χ0n) is 46.5. The highest BCUT2D eigenvalue weighted by molar-refractivity contribution is 7.47. The molecule has 0 aliphatic carbocycles. The Labute approximate surface area is 450 Å². The van der Waals surface area contributed by atoms with Crippen molar-refractivity contribution in [1.29, 1.82) is 0 Å².